The largest absolute Gasteiger partial charge is 0.507 e. The molecule has 5 nitrogen and oxygen atoms in total. The average molecular weight is 298 g/mol. The molecule has 1 unspecified atom stereocenters. The van der Waals surface area contributed by atoms with Gasteiger partial charge in [-0.2, -0.15) is 0 Å². The van der Waals surface area contributed by atoms with Gasteiger partial charge in [0.2, 0.25) is 0 Å². The summed E-state index contributed by atoms with van der Waals surface area (Å²) in [7, 11) is 0.463. The number of ether oxygens (including phenoxy) is 2. The summed E-state index contributed by atoms with van der Waals surface area (Å²) in [5, 5.41) is 10.1. The fourth-order valence-electron chi connectivity index (χ4n) is 2.31. The number of methoxy groups -OCH3 is 1. The molecule has 0 aromatic heterocycles. The highest BCUT2D eigenvalue weighted by molar-refractivity contribution is 7.84. The SMILES string of the molecule is COc1cc(O)c(CCS(C)=O)c2c1C(=O)C[C@@H](C)O2. The first kappa shape index (κ1) is 14.8. The molecule has 1 heterocycles. The van der Waals surface area contributed by atoms with Crippen molar-refractivity contribution in [1.29, 1.82) is 0 Å². The van der Waals surface area contributed by atoms with Crippen LogP contribution in [0.15, 0.2) is 6.07 Å². The number of carbonyl (C=O) groups excluding carboxylic acids is 1. The smallest absolute Gasteiger partial charge is 0.174 e. The molecule has 0 radical (unpaired) electrons. The lowest BCUT2D eigenvalue weighted by molar-refractivity contribution is 0.0863. The summed E-state index contributed by atoms with van der Waals surface area (Å²) < 4.78 is 22.1. The maximum atomic E-state index is 12.2. The van der Waals surface area contributed by atoms with Gasteiger partial charge in [0.15, 0.2) is 5.78 Å². The summed E-state index contributed by atoms with van der Waals surface area (Å²) in [6.45, 7) is 1.80. The molecule has 0 saturated heterocycles. The van der Waals surface area contributed by atoms with E-state index in [1.165, 1.54) is 13.2 Å². The van der Waals surface area contributed by atoms with Crippen LogP contribution in [0, 0.1) is 0 Å². The minimum Gasteiger partial charge on any atom is -0.507 e. The lowest BCUT2D eigenvalue weighted by Gasteiger charge is -2.26. The second-order valence-electron chi connectivity index (χ2n) is 4.86. The van der Waals surface area contributed by atoms with Crippen LogP contribution in [0.25, 0.3) is 0 Å². The zero-order chi connectivity index (χ0) is 14.9. The summed E-state index contributed by atoms with van der Waals surface area (Å²) >= 11 is 0. The van der Waals surface area contributed by atoms with Crippen LogP contribution in [-0.2, 0) is 17.2 Å². The van der Waals surface area contributed by atoms with Gasteiger partial charge in [0.05, 0.1) is 7.11 Å². The number of hydrogen-bond donors (Lipinski definition) is 1. The molecular weight excluding hydrogens is 280 g/mol. The molecular formula is C14H18O5S. The van der Waals surface area contributed by atoms with Gasteiger partial charge in [-0.25, -0.2) is 0 Å². The topological polar surface area (TPSA) is 72.8 Å². The molecule has 1 N–H and O–H groups in total. The maximum absolute atomic E-state index is 12.2. The Balaban J connectivity index is 2.54. The normalized spacial score (nSPS) is 19.1. The van der Waals surface area contributed by atoms with Crippen molar-refractivity contribution >= 4 is 16.6 Å². The predicted octanol–water partition coefficient (Wildman–Crippen LogP) is 1.68. The number of carbonyl (C=O) groups is 1. The van der Waals surface area contributed by atoms with Gasteiger partial charge in [-0.1, -0.05) is 0 Å². The monoisotopic (exact) mass is 298 g/mol. The molecule has 0 fully saturated rings. The zero-order valence-electron chi connectivity index (χ0n) is 11.8. The molecule has 1 aromatic rings. The van der Waals surface area contributed by atoms with E-state index in [-0.39, 0.29) is 24.1 Å². The molecule has 0 bridgehead atoms. The van der Waals surface area contributed by atoms with Gasteiger partial charge in [-0.15, -0.1) is 0 Å². The van der Waals surface area contributed by atoms with Crippen molar-refractivity contribution in [3.05, 3.63) is 17.2 Å². The third-order valence-electron chi connectivity index (χ3n) is 3.25. The van der Waals surface area contributed by atoms with Crippen LogP contribution in [0.5, 0.6) is 17.2 Å². The van der Waals surface area contributed by atoms with Crippen LogP contribution >= 0.6 is 0 Å². The van der Waals surface area contributed by atoms with Crippen molar-refractivity contribution < 1.29 is 23.6 Å². The van der Waals surface area contributed by atoms with Crippen LogP contribution in [0.3, 0.4) is 0 Å². The minimum absolute atomic E-state index is 0.00736. The number of aromatic hydroxyl groups is 1. The third kappa shape index (κ3) is 2.80. The van der Waals surface area contributed by atoms with E-state index in [9.17, 15) is 14.1 Å². The van der Waals surface area contributed by atoms with E-state index in [1.807, 2.05) is 0 Å². The Kier molecular flexibility index (Phi) is 4.32. The van der Waals surface area contributed by atoms with Gasteiger partial charge >= 0.3 is 0 Å². The molecule has 1 aliphatic rings. The van der Waals surface area contributed by atoms with Crippen LogP contribution in [0.1, 0.15) is 29.3 Å². The van der Waals surface area contributed by atoms with Crippen molar-refractivity contribution in [3.8, 4) is 17.2 Å². The zero-order valence-corrected chi connectivity index (χ0v) is 12.6. The number of phenols is 1. The van der Waals surface area contributed by atoms with Gasteiger partial charge in [-0.3, -0.25) is 9.00 Å². The van der Waals surface area contributed by atoms with E-state index in [1.54, 1.807) is 13.2 Å². The summed E-state index contributed by atoms with van der Waals surface area (Å²) in [5.41, 5.74) is 0.899. The molecule has 0 spiro atoms. The van der Waals surface area contributed by atoms with Crippen molar-refractivity contribution in [3.63, 3.8) is 0 Å². The Hall–Kier alpha value is -1.56. The Morgan fingerprint density at radius 1 is 1.55 bits per heavy atom. The highest BCUT2D eigenvalue weighted by Gasteiger charge is 2.31. The number of hydrogen-bond acceptors (Lipinski definition) is 5. The Morgan fingerprint density at radius 3 is 2.85 bits per heavy atom. The number of benzene rings is 1. The van der Waals surface area contributed by atoms with Crippen molar-refractivity contribution in [2.75, 3.05) is 19.1 Å². The highest BCUT2D eigenvalue weighted by Crippen LogP contribution is 2.42. The fourth-order valence-corrected chi connectivity index (χ4v) is 2.80. The second-order valence-corrected chi connectivity index (χ2v) is 6.42. The maximum Gasteiger partial charge on any atom is 0.174 e. The first-order chi connectivity index (χ1) is 9.43. The molecule has 0 saturated carbocycles. The summed E-state index contributed by atoms with van der Waals surface area (Å²) in [5.74, 6) is 1.03. The van der Waals surface area contributed by atoms with Gasteiger partial charge in [0.1, 0.15) is 28.9 Å². The van der Waals surface area contributed by atoms with E-state index < -0.39 is 10.8 Å². The van der Waals surface area contributed by atoms with Crippen molar-refractivity contribution in [2.45, 2.75) is 25.9 Å². The molecule has 2 atom stereocenters. The Morgan fingerprint density at radius 2 is 2.25 bits per heavy atom. The van der Waals surface area contributed by atoms with Gasteiger partial charge < -0.3 is 14.6 Å². The molecule has 0 aliphatic carbocycles. The van der Waals surface area contributed by atoms with E-state index >= 15 is 0 Å². The van der Waals surface area contributed by atoms with Gasteiger partial charge in [0, 0.05) is 40.9 Å². The summed E-state index contributed by atoms with van der Waals surface area (Å²) in [4.78, 5) is 12.2. The standard InChI is InChI=1S/C14H18O5S/c1-8-6-11(16)13-12(18-2)7-10(15)9(14(13)19-8)4-5-20(3)17/h7-8,15H,4-6H2,1-3H3/t8-,20?/m1/s1. The molecule has 6 heteroatoms. The first-order valence-corrected chi connectivity index (χ1v) is 8.09. The molecule has 1 aliphatic heterocycles. The highest BCUT2D eigenvalue weighted by atomic mass is 32.2. The molecule has 0 amide bonds. The third-order valence-corrected chi connectivity index (χ3v) is 4.03. The van der Waals surface area contributed by atoms with Crippen LogP contribution in [0.4, 0.5) is 0 Å². The number of phenolic OH excluding ortho intramolecular Hbond substituents is 1. The molecule has 20 heavy (non-hydrogen) atoms. The number of ketones is 1. The molecule has 2 rings (SSSR count). The van der Waals surface area contributed by atoms with E-state index in [2.05, 4.69) is 0 Å². The first-order valence-electron chi connectivity index (χ1n) is 6.36. The number of rotatable bonds is 4. The second kappa shape index (κ2) is 5.83. The van der Waals surface area contributed by atoms with E-state index in [4.69, 9.17) is 9.47 Å². The van der Waals surface area contributed by atoms with Gasteiger partial charge in [0.25, 0.3) is 0 Å². The fraction of sp³-hybridized carbons (Fsp3) is 0.500. The molecule has 1 aromatic carbocycles. The minimum atomic E-state index is -0.983. The Bertz CT molecular complexity index is 567. The quantitative estimate of drug-likeness (QED) is 0.915. The predicted molar refractivity (Wildman–Crippen MR) is 76.3 cm³/mol. The average Bonchev–Trinajstić information content (AvgIpc) is 2.35. The summed E-state index contributed by atoms with van der Waals surface area (Å²) in [6, 6.07) is 1.42. The van der Waals surface area contributed by atoms with Crippen LogP contribution in [-0.4, -0.2) is 40.3 Å². The number of fused-ring (bicyclic) bond motifs is 1. The van der Waals surface area contributed by atoms with Crippen molar-refractivity contribution in [2.24, 2.45) is 0 Å². The molecule has 110 valence electrons. The van der Waals surface area contributed by atoms with Crippen LogP contribution in [0.2, 0.25) is 0 Å². The van der Waals surface area contributed by atoms with E-state index in [0.29, 0.717) is 34.8 Å². The summed E-state index contributed by atoms with van der Waals surface area (Å²) in [6.07, 6.45) is 2.03. The van der Waals surface area contributed by atoms with Crippen LogP contribution < -0.4 is 9.47 Å². The van der Waals surface area contributed by atoms with Gasteiger partial charge in [-0.05, 0) is 13.3 Å². The van der Waals surface area contributed by atoms with Crippen molar-refractivity contribution in [1.82, 2.24) is 0 Å². The lowest BCUT2D eigenvalue weighted by Crippen LogP contribution is -2.25. The lowest BCUT2D eigenvalue weighted by atomic mass is 9.95. The number of Topliss-reactive ketones (excluding diaryl/α,β-unsaturated/α-hetero) is 1. The Labute approximate surface area is 120 Å². The van der Waals surface area contributed by atoms with E-state index in [0.717, 1.165) is 0 Å².